The van der Waals surface area contributed by atoms with Crippen LogP contribution in [0.25, 0.3) is 0 Å². The number of nitrogens with one attached hydrogen (secondary N) is 1. The fourth-order valence-corrected chi connectivity index (χ4v) is 4.74. The summed E-state index contributed by atoms with van der Waals surface area (Å²) in [7, 11) is -3.22. The van der Waals surface area contributed by atoms with Gasteiger partial charge in [-0.15, -0.1) is 0 Å². The molecule has 1 saturated heterocycles. The monoisotopic (exact) mass is 358 g/mol. The Hall–Kier alpha value is -2.34. The lowest BCUT2D eigenvalue weighted by Crippen LogP contribution is -2.37. The molecule has 1 heterocycles. The lowest BCUT2D eigenvalue weighted by Gasteiger charge is -2.28. The number of benzene rings is 2. The van der Waals surface area contributed by atoms with Crippen molar-refractivity contribution in [1.82, 2.24) is 0 Å². The van der Waals surface area contributed by atoms with E-state index in [4.69, 9.17) is 0 Å². The lowest BCUT2D eigenvalue weighted by atomic mass is 10.1. The summed E-state index contributed by atoms with van der Waals surface area (Å²) in [5, 5.41) is 2.86. The maximum atomic E-state index is 12.4. The van der Waals surface area contributed by atoms with E-state index in [1.165, 1.54) is 4.31 Å². The van der Waals surface area contributed by atoms with E-state index in [0.29, 0.717) is 29.9 Å². The molecule has 2 aromatic rings. The van der Waals surface area contributed by atoms with E-state index in [-0.39, 0.29) is 11.7 Å². The van der Waals surface area contributed by atoms with Crippen LogP contribution in [0.5, 0.6) is 0 Å². The average Bonchev–Trinajstić information content (AvgIpc) is 2.54. The van der Waals surface area contributed by atoms with Crippen LogP contribution in [0.1, 0.15) is 34.3 Å². The summed E-state index contributed by atoms with van der Waals surface area (Å²) in [4.78, 5) is 12.4. The van der Waals surface area contributed by atoms with Gasteiger partial charge in [-0.3, -0.25) is 9.10 Å². The van der Waals surface area contributed by atoms with Crippen molar-refractivity contribution in [2.24, 2.45) is 0 Å². The summed E-state index contributed by atoms with van der Waals surface area (Å²) in [6.45, 7) is 4.42. The first-order valence-corrected chi connectivity index (χ1v) is 9.96. The van der Waals surface area contributed by atoms with E-state index in [1.54, 1.807) is 24.3 Å². The fourth-order valence-electron chi connectivity index (χ4n) is 3.10. The summed E-state index contributed by atoms with van der Waals surface area (Å²) < 4.78 is 25.8. The molecule has 1 amide bonds. The first kappa shape index (κ1) is 17.5. The summed E-state index contributed by atoms with van der Waals surface area (Å²) >= 11 is 0. The van der Waals surface area contributed by atoms with Gasteiger partial charge in [-0.2, -0.15) is 0 Å². The van der Waals surface area contributed by atoms with Gasteiger partial charge in [0.2, 0.25) is 10.0 Å². The molecule has 5 nitrogen and oxygen atoms in total. The molecule has 1 aliphatic heterocycles. The Labute approximate surface area is 148 Å². The van der Waals surface area contributed by atoms with Crippen molar-refractivity contribution in [3.05, 3.63) is 59.2 Å². The van der Waals surface area contributed by atoms with Crippen molar-refractivity contribution >= 4 is 27.3 Å². The van der Waals surface area contributed by atoms with Crippen LogP contribution in [0.3, 0.4) is 0 Å². The second-order valence-corrected chi connectivity index (χ2v) is 8.49. The highest BCUT2D eigenvalue weighted by Gasteiger charge is 2.25. The van der Waals surface area contributed by atoms with Crippen molar-refractivity contribution in [3.8, 4) is 0 Å². The minimum atomic E-state index is -3.22. The Bertz CT molecular complexity index is 869. The predicted molar refractivity (Wildman–Crippen MR) is 101 cm³/mol. The van der Waals surface area contributed by atoms with Gasteiger partial charge in [-0.05, 0) is 63.1 Å². The molecule has 25 heavy (non-hydrogen) atoms. The zero-order valence-corrected chi connectivity index (χ0v) is 15.3. The van der Waals surface area contributed by atoms with Crippen LogP contribution in [0.4, 0.5) is 11.4 Å². The van der Waals surface area contributed by atoms with Crippen LogP contribution in [-0.2, 0) is 10.0 Å². The highest BCUT2D eigenvalue weighted by atomic mass is 32.2. The zero-order valence-electron chi connectivity index (χ0n) is 14.5. The fraction of sp³-hybridized carbons (Fsp3) is 0.316. The predicted octanol–water partition coefficient (Wildman–Crippen LogP) is 3.49. The smallest absolute Gasteiger partial charge is 0.255 e. The molecule has 0 spiro atoms. The molecule has 0 saturated carbocycles. The highest BCUT2D eigenvalue weighted by Crippen LogP contribution is 2.25. The molecule has 3 rings (SSSR count). The molecule has 0 aromatic heterocycles. The average molecular weight is 358 g/mol. The van der Waals surface area contributed by atoms with E-state index in [9.17, 15) is 13.2 Å². The SMILES string of the molecule is Cc1cc(C)cc(C(=O)Nc2ccc(N3CCCCS3(=O)=O)cc2)c1. The van der Waals surface area contributed by atoms with Crippen LogP contribution in [0, 0.1) is 13.8 Å². The van der Waals surface area contributed by atoms with E-state index >= 15 is 0 Å². The summed E-state index contributed by atoms with van der Waals surface area (Å²) in [5.74, 6) is 0.0169. The van der Waals surface area contributed by atoms with Gasteiger partial charge in [0, 0.05) is 17.8 Å². The number of hydrogen-bond donors (Lipinski definition) is 1. The van der Waals surface area contributed by atoms with Crippen LogP contribution in [-0.4, -0.2) is 26.6 Å². The number of anilines is 2. The van der Waals surface area contributed by atoms with Crippen molar-refractivity contribution in [3.63, 3.8) is 0 Å². The van der Waals surface area contributed by atoms with Gasteiger partial charge >= 0.3 is 0 Å². The first-order valence-electron chi connectivity index (χ1n) is 8.35. The van der Waals surface area contributed by atoms with E-state index < -0.39 is 10.0 Å². The lowest BCUT2D eigenvalue weighted by molar-refractivity contribution is 0.102. The van der Waals surface area contributed by atoms with Crippen LogP contribution in [0.15, 0.2) is 42.5 Å². The Kier molecular flexibility index (Phi) is 4.81. The van der Waals surface area contributed by atoms with Gasteiger partial charge in [0.05, 0.1) is 11.4 Å². The van der Waals surface area contributed by atoms with Crippen molar-refractivity contribution in [2.45, 2.75) is 26.7 Å². The molecule has 0 unspecified atom stereocenters. The Balaban J connectivity index is 1.75. The number of carbonyl (C=O) groups is 1. The number of rotatable bonds is 3. The molecule has 2 aromatic carbocycles. The molecule has 1 fully saturated rings. The molecule has 1 N–H and O–H groups in total. The molecule has 0 aliphatic carbocycles. The Morgan fingerprint density at radius 3 is 2.24 bits per heavy atom. The van der Waals surface area contributed by atoms with Crippen LogP contribution >= 0.6 is 0 Å². The summed E-state index contributed by atoms with van der Waals surface area (Å²) in [6, 6.07) is 12.7. The third-order valence-electron chi connectivity index (χ3n) is 4.25. The van der Waals surface area contributed by atoms with Crippen molar-refractivity contribution in [1.29, 1.82) is 0 Å². The normalized spacial score (nSPS) is 16.5. The van der Waals surface area contributed by atoms with Gasteiger partial charge in [-0.1, -0.05) is 17.2 Å². The highest BCUT2D eigenvalue weighted by molar-refractivity contribution is 7.92. The maximum absolute atomic E-state index is 12.4. The van der Waals surface area contributed by atoms with Crippen molar-refractivity contribution < 1.29 is 13.2 Å². The topological polar surface area (TPSA) is 66.5 Å². The second kappa shape index (κ2) is 6.88. The minimum Gasteiger partial charge on any atom is -0.322 e. The quantitative estimate of drug-likeness (QED) is 0.913. The van der Waals surface area contributed by atoms with Gasteiger partial charge in [0.1, 0.15) is 0 Å². The molecular formula is C19H22N2O3S. The standard InChI is InChI=1S/C19H22N2O3S/c1-14-11-15(2)13-16(12-14)19(22)20-17-5-7-18(8-6-17)21-9-3-4-10-25(21,23)24/h5-8,11-13H,3-4,9-10H2,1-2H3,(H,20,22). The molecular weight excluding hydrogens is 336 g/mol. The third kappa shape index (κ3) is 4.02. The largest absolute Gasteiger partial charge is 0.322 e. The number of nitrogens with zero attached hydrogens (tertiary/aromatic N) is 1. The Morgan fingerprint density at radius 1 is 1.00 bits per heavy atom. The molecule has 1 aliphatic rings. The Morgan fingerprint density at radius 2 is 1.64 bits per heavy atom. The number of aryl methyl sites for hydroxylation is 2. The van der Waals surface area contributed by atoms with E-state index in [2.05, 4.69) is 5.32 Å². The van der Waals surface area contributed by atoms with Gasteiger partial charge in [-0.25, -0.2) is 8.42 Å². The number of hydrogen-bond acceptors (Lipinski definition) is 3. The van der Waals surface area contributed by atoms with Gasteiger partial charge in [0.25, 0.3) is 5.91 Å². The third-order valence-corrected chi connectivity index (χ3v) is 6.12. The first-order chi connectivity index (χ1) is 11.8. The minimum absolute atomic E-state index is 0.176. The summed E-state index contributed by atoms with van der Waals surface area (Å²) in [6.07, 6.45) is 1.58. The summed E-state index contributed by atoms with van der Waals surface area (Å²) in [5.41, 5.74) is 3.97. The molecule has 0 bridgehead atoms. The van der Waals surface area contributed by atoms with E-state index in [0.717, 1.165) is 17.5 Å². The van der Waals surface area contributed by atoms with Crippen LogP contribution in [0.2, 0.25) is 0 Å². The van der Waals surface area contributed by atoms with Gasteiger partial charge in [0.15, 0.2) is 0 Å². The maximum Gasteiger partial charge on any atom is 0.255 e. The number of sulfonamides is 1. The van der Waals surface area contributed by atoms with Crippen molar-refractivity contribution in [2.75, 3.05) is 21.9 Å². The molecule has 6 heteroatoms. The van der Waals surface area contributed by atoms with Crippen LogP contribution < -0.4 is 9.62 Å². The molecule has 0 radical (unpaired) electrons. The molecule has 0 atom stereocenters. The van der Waals surface area contributed by atoms with Gasteiger partial charge < -0.3 is 5.32 Å². The zero-order chi connectivity index (χ0) is 18.0. The molecule has 132 valence electrons. The second-order valence-electron chi connectivity index (χ2n) is 6.47. The van der Waals surface area contributed by atoms with E-state index in [1.807, 2.05) is 32.0 Å². The number of carbonyl (C=O) groups excluding carboxylic acids is 1. The number of amides is 1.